The number of nitrogens with one attached hydrogen (secondary N) is 4. The first-order valence-electron chi connectivity index (χ1n) is 12.0. The Bertz CT molecular complexity index is 1050. The lowest BCUT2D eigenvalue weighted by Crippen LogP contribution is -2.40. The number of aromatic nitrogens is 1. The maximum atomic E-state index is 13.4. The highest BCUT2D eigenvalue weighted by Gasteiger charge is 2.34. The molecule has 2 atom stereocenters. The Hall–Kier alpha value is -2.20. The highest BCUT2D eigenvalue weighted by atomic mass is 32.2. The van der Waals surface area contributed by atoms with Gasteiger partial charge in [0.1, 0.15) is 11.6 Å². The lowest BCUT2D eigenvalue weighted by atomic mass is 9.79. The SMILES string of the molecule is O=S(=O)(c1ccccc1)c1cc(NC2CCC(O)CC2)nc(NC2CC(C3CCC3)NN2)c1. The van der Waals surface area contributed by atoms with Gasteiger partial charge in [-0.15, -0.1) is 0 Å². The summed E-state index contributed by atoms with van der Waals surface area (Å²) in [6.07, 6.45) is 7.63. The van der Waals surface area contributed by atoms with Crippen molar-refractivity contribution in [3.63, 3.8) is 0 Å². The van der Waals surface area contributed by atoms with Crippen LogP contribution in [0, 0.1) is 5.92 Å². The minimum atomic E-state index is -3.68. The van der Waals surface area contributed by atoms with Gasteiger partial charge in [0.25, 0.3) is 0 Å². The topological polar surface area (TPSA) is 115 Å². The molecular weight excluding hydrogens is 438 g/mol. The van der Waals surface area contributed by atoms with Crippen LogP contribution in [-0.2, 0) is 9.84 Å². The molecular formula is C24H33N5O3S. The molecule has 1 aromatic carbocycles. The van der Waals surface area contributed by atoms with Gasteiger partial charge in [0.2, 0.25) is 9.84 Å². The molecule has 5 N–H and O–H groups in total. The molecule has 8 nitrogen and oxygen atoms in total. The first-order valence-corrected chi connectivity index (χ1v) is 13.5. The monoisotopic (exact) mass is 471 g/mol. The fourth-order valence-electron chi connectivity index (χ4n) is 4.98. The van der Waals surface area contributed by atoms with Crippen molar-refractivity contribution in [3.05, 3.63) is 42.5 Å². The van der Waals surface area contributed by atoms with E-state index in [0.717, 1.165) is 32.1 Å². The average Bonchev–Trinajstić information content (AvgIpc) is 3.22. The molecule has 0 radical (unpaired) electrons. The van der Waals surface area contributed by atoms with Crippen molar-refractivity contribution in [2.45, 2.75) is 85.5 Å². The molecule has 178 valence electrons. The van der Waals surface area contributed by atoms with Crippen LogP contribution < -0.4 is 21.5 Å². The minimum Gasteiger partial charge on any atom is -0.393 e. The van der Waals surface area contributed by atoms with Crippen LogP contribution in [0.5, 0.6) is 0 Å². The number of hydrogen-bond donors (Lipinski definition) is 5. The predicted octanol–water partition coefficient (Wildman–Crippen LogP) is 3.03. The smallest absolute Gasteiger partial charge is 0.206 e. The van der Waals surface area contributed by atoms with Crippen LogP contribution in [0.4, 0.5) is 11.6 Å². The molecule has 1 aliphatic heterocycles. The molecule has 2 unspecified atom stereocenters. The molecule has 9 heteroatoms. The van der Waals surface area contributed by atoms with E-state index in [2.05, 4.69) is 21.5 Å². The highest BCUT2D eigenvalue weighted by Crippen LogP contribution is 2.33. The van der Waals surface area contributed by atoms with Gasteiger partial charge in [0, 0.05) is 12.1 Å². The van der Waals surface area contributed by atoms with Crippen LogP contribution in [0.25, 0.3) is 0 Å². The number of rotatable bonds is 7. The number of nitrogens with zero attached hydrogens (tertiary/aromatic N) is 1. The third-order valence-corrected chi connectivity index (χ3v) is 8.93. The van der Waals surface area contributed by atoms with Crippen LogP contribution in [-0.4, -0.2) is 42.9 Å². The number of sulfone groups is 1. The number of benzene rings is 1. The van der Waals surface area contributed by atoms with Gasteiger partial charge in [0.15, 0.2) is 0 Å². The van der Waals surface area contributed by atoms with Crippen LogP contribution in [0.3, 0.4) is 0 Å². The van der Waals surface area contributed by atoms with Crippen LogP contribution >= 0.6 is 0 Å². The van der Waals surface area contributed by atoms with Crippen molar-refractivity contribution >= 4 is 21.5 Å². The molecule has 2 saturated carbocycles. The molecule has 0 spiro atoms. The summed E-state index contributed by atoms with van der Waals surface area (Å²) >= 11 is 0. The molecule has 1 aromatic heterocycles. The summed E-state index contributed by atoms with van der Waals surface area (Å²) in [5.74, 6) is 1.78. The average molecular weight is 472 g/mol. The number of pyridine rings is 1. The molecule has 5 rings (SSSR count). The van der Waals surface area contributed by atoms with Crippen molar-refractivity contribution in [1.29, 1.82) is 0 Å². The van der Waals surface area contributed by atoms with Crippen molar-refractivity contribution < 1.29 is 13.5 Å². The summed E-state index contributed by atoms with van der Waals surface area (Å²) in [4.78, 5) is 5.18. The van der Waals surface area contributed by atoms with E-state index in [1.54, 1.807) is 42.5 Å². The summed E-state index contributed by atoms with van der Waals surface area (Å²) < 4.78 is 26.7. The minimum absolute atomic E-state index is 0.0181. The van der Waals surface area contributed by atoms with Gasteiger partial charge in [-0.3, -0.25) is 5.43 Å². The highest BCUT2D eigenvalue weighted by molar-refractivity contribution is 7.91. The van der Waals surface area contributed by atoms with Crippen molar-refractivity contribution in [1.82, 2.24) is 15.8 Å². The van der Waals surface area contributed by atoms with Crippen LogP contribution in [0.15, 0.2) is 52.3 Å². The van der Waals surface area contributed by atoms with E-state index in [4.69, 9.17) is 4.98 Å². The van der Waals surface area contributed by atoms with Crippen LogP contribution in [0.1, 0.15) is 51.4 Å². The van der Waals surface area contributed by atoms with Crippen LogP contribution in [0.2, 0.25) is 0 Å². The van der Waals surface area contributed by atoms with E-state index in [1.807, 2.05) is 0 Å². The third-order valence-electron chi connectivity index (χ3n) is 7.18. The first-order chi connectivity index (χ1) is 16.0. The van der Waals surface area contributed by atoms with Crippen molar-refractivity contribution in [2.75, 3.05) is 10.6 Å². The second kappa shape index (κ2) is 9.58. The van der Waals surface area contributed by atoms with Gasteiger partial charge in [-0.2, -0.15) is 0 Å². The normalized spacial score (nSPS) is 28.3. The largest absolute Gasteiger partial charge is 0.393 e. The maximum absolute atomic E-state index is 13.4. The molecule has 0 amide bonds. The van der Waals surface area contributed by atoms with E-state index >= 15 is 0 Å². The molecule has 2 aromatic rings. The van der Waals surface area contributed by atoms with Gasteiger partial charge in [-0.1, -0.05) is 24.6 Å². The zero-order chi connectivity index (χ0) is 22.8. The number of aliphatic hydroxyl groups excluding tert-OH is 1. The van der Waals surface area contributed by atoms with E-state index in [-0.39, 0.29) is 28.1 Å². The predicted molar refractivity (Wildman–Crippen MR) is 127 cm³/mol. The zero-order valence-electron chi connectivity index (χ0n) is 18.7. The Labute approximate surface area is 195 Å². The second-order valence-electron chi connectivity index (χ2n) is 9.56. The summed E-state index contributed by atoms with van der Waals surface area (Å²) in [6.45, 7) is 0. The van der Waals surface area contributed by atoms with E-state index in [1.165, 1.54) is 19.3 Å². The Kier molecular flexibility index (Phi) is 6.56. The standard InChI is InChI=1S/C24H33N5O3S/c30-18-11-9-17(10-12-18)25-22-13-20(33(31,32)19-7-2-1-3-8-19)14-23(26-22)27-24-15-21(28-29-24)16-5-4-6-16/h1-3,7-8,13-14,16-18,21,24,28-30H,4-6,9-12,15H2,(H2,25,26,27). The maximum Gasteiger partial charge on any atom is 0.206 e. The molecule has 1 saturated heterocycles. The molecule has 2 aliphatic carbocycles. The van der Waals surface area contributed by atoms with Gasteiger partial charge in [-0.05, 0) is 75.1 Å². The fourth-order valence-corrected chi connectivity index (χ4v) is 6.30. The second-order valence-corrected chi connectivity index (χ2v) is 11.5. The Morgan fingerprint density at radius 1 is 0.879 bits per heavy atom. The summed E-state index contributed by atoms with van der Waals surface area (Å²) in [5.41, 5.74) is 6.69. The van der Waals surface area contributed by atoms with Gasteiger partial charge in [-0.25, -0.2) is 18.8 Å². The van der Waals surface area contributed by atoms with E-state index in [9.17, 15) is 13.5 Å². The number of aliphatic hydroxyl groups is 1. The lowest BCUT2D eigenvalue weighted by molar-refractivity contribution is 0.126. The van der Waals surface area contributed by atoms with Gasteiger partial charge >= 0.3 is 0 Å². The lowest BCUT2D eigenvalue weighted by Gasteiger charge is -2.30. The molecule has 3 aliphatic rings. The first kappa shape index (κ1) is 22.6. The van der Waals surface area contributed by atoms with Crippen molar-refractivity contribution in [2.24, 2.45) is 5.92 Å². The molecule has 33 heavy (non-hydrogen) atoms. The fraction of sp³-hybridized carbons (Fsp3) is 0.542. The summed E-state index contributed by atoms with van der Waals surface area (Å²) in [6, 6.07) is 12.3. The van der Waals surface area contributed by atoms with E-state index in [0.29, 0.717) is 23.6 Å². The quantitative estimate of drug-likeness (QED) is 0.419. The van der Waals surface area contributed by atoms with Gasteiger partial charge < -0.3 is 15.7 Å². The van der Waals surface area contributed by atoms with Gasteiger partial charge in [0.05, 0.1) is 22.1 Å². The Balaban J connectivity index is 1.39. The third kappa shape index (κ3) is 5.16. The summed E-state index contributed by atoms with van der Waals surface area (Å²) in [5, 5.41) is 16.6. The number of hydrazine groups is 1. The molecule has 3 fully saturated rings. The molecule has 0 bridgehead atoms. The zero-order valence-corrected chi connectivity index (χ0v) is 19.5. The Morgan fingerprint density at radius 2 is 1.58 bits per heavy atom. The summed E-state index contributed by atoms with van der Waals surface area (Å²) in [7, 11) is -3.68. The number of anilines is 2. The van der Waals surface area contributed by atoms with Crippen molar-refractivity contribution in [3.8, 4) is 0 Å². The molecule has 2 heterocycles. The van der Waals surface area contributed by atoms with E-state index < -0.39 is 9.84 Å². The Morgan fingerprint density at radius 3 is 2.24 bits per heavy atom. The number of hydrogen-bond acceptors (Lipinski definition) is 8.